The Bertz CT molecular complexity index is 2210. The second kappa shape index (κ2) is 16.2. The van der Waals surface area contributed by atoms with Crippen LogP contribution in [0.2, 0.25) is 0 Å². The Morgan fingerprint density at radius 3 is 2.61 bits per heavy atom. The normalized spacial score (nSPS) is 16.2. The Balaban J connectivity index is 1.19. The van der Waals surface area contributed by atoms with Gasteiger partial charge in [0.1, 0.15) is 0 Å². The van der Waals surface area contributed by atoms with Gasteiger partial charge in [-0.3, -0.25) is 14.6 Å². The Hall–Kier alpha value is -6.16. The van der Waals surface area contributed by atoms with Crippen molar-refractivity contribution in [3.8, 4) is 11.3 Å². The molecule has 0 spiro atoms. The van der Waals surface area contributed by atoms with Gasteiger partial charge in [-0.2, -0.15) is 19.6 Å². The summed E-state index contributed by atoms with van der Waals surface area (Å²) in [7, 11) is 0. The van der Waals surface area contributed by atoms with Crippen molar-refractivity contribution in [3.05, 3.63) is 84.5 Å². The second-order valence-corrected chi connectivity index (χ2v) is 13.3. The molecule has 1 fully saturated rings. The van der Waals surface area contributed by atoms with E-state index in [0.29, 0.717) is 49.3 Å². The van der Waals surface area contributed by atoms with Gasteiger partial charge in [0.2, 0.25) is 18.2 Å². The number of hydrogen-bond acceptors (Lipinski definition) is 12. The molecule has 0 radical (unpaired) electrons. The van der Waals surface area contributed by atoms with Crippen LogP contribution in [0.5, 0.6) is 0 Å². The molecule has 1 unspecified atom stereocenters. The summed E-state index contributed by atoms with van der Waals surface area (Å²) in [4.78, 5) is 51.2. The summed E-state index contributed by atoms with van der Waals surface area (Å²) in [6, 6.07) is 14.9. The Morgan fingerprint density at radius 2 is 1.87 bits per heavy atom. The summed E-state index contributed by atoms with van der Waals surface area (Å²) in [6.07, 6.45) is 1.41. The highest BCUT2D eigenvalue weighted by Crippen LogP contribution is 2.32. The minimum atomic E-state index is -1.07. The largest absolute Gasteiger partial charge is 0.426 e. The van der Waals surface area contributed by atoms with Crippen LogP contribution in [0.3, 0.4) is 0 Å². The summed E-state index contributed by atoms with van der Waals surface area (Å²) in [5.41, 5.74) is 4.53. The quantitative estimate of drug-likeness (QED) is 0.0703. The highest BCUT2D eigenvalue weighted by molar-refractivity contribution is 6.04. The Kier molecular flexibility index (Phi) is 11.3. The van der Waals surface area contributed by atoms with Crippen molar-refractivity contribution in [2.24, 2.45) is 5.92 Å². The molecule has 0 bridgehead atoms. The van der Waals surface area contributed by atoms with Gasteiger partial charge in [0.25, 0.3) is 5.91 Å². The third kappa shape index (κ3) is 8.55. The molecule has 15 nitrogen and oxygen atoms in total. The number of ether oxygens (including phenoxy) is 2. The fraction of sp³-hybridized carbons (Fsp3) is 0.342. The predicted molar refractivity (Wildman–Crippen MR) is 200 cm³/mol. The van der Waals surface area contributed by atoms with Crippen molar-refractivity contribution in [2.75, 3.05) is 35.6 Å². The summed E-state index contributed by atoms with van der Waals surface area (Å²) < 4.78 is 25.0. The van der Waals surface area contributed by atoms with Crippen molar-refractivity contribution in [2.45, 2.75) is 59.0 Å². The van der Waals surface area contributed by atoms with Crippen LogP contribution in [0.15, 0.2) is 73.3 Å². The van der Waals surface area contributed by atoms with Gasteiger partial charge >= 0.3 is 12.1 Å². The number of piperidine rings is 1. The lowest BCUT2D eigenvalue weighted by Gasteiger charge is -2.35. The molecule has 2 amide bonds. The molecule has 4 N–H and O–H groups in total. The van der Waals surface area contributed by atoms with E-state index in [9.17, 15) is 23.9 Å². The van der Waals surface area contributed by atoms with E-state index in [4.69, 9.17) is 24.4 Å². The zero-order valence-electron chi connectivity index (χ0n) is 30.4. The zero-order valence-corrected chi connectivity index (χ0v) is 30.4. The Labute approximate surface area is 310 Å². The number of benzene rings is 2. The molecule has 1 aliphatic heterocycles. The number of likely N-dealkylation sites (tertiary alicyclic amines) is 1. The maximum absolute atomic E-state index is 13.3. The van der Waals surface area contributed by atoms with E-state index >= 15 is 0 Å². The molecule has 282 valence electrons. The fourth-order valence-corrected chi connectivity index (χ4v) is 6.33. The number of aliphatic hydroxyl groups is 1. The highest BCUT2D eigenvalue weighted by atomic mass is 19.1. The molecule has 1 aliphatic rings. The Morgan fingerprint density at radius 1 is 1.07 bits per heavy atom. The minimum absolute atomic E-state index is 0.0583. The molecule has 54 heavy (non-hydrogen) atoms. The maximum atomic E-state index is 13.3. The number of halogens is 1. The molecule has 1 saturated heterocycles. The highest BCUT2D eigenvalue weighted by Gasteiger charge is 2.32. The van der Waals surface area contributed by atoms with Gasteiger partial charge in [0, 0.05) is 67.8 Å². The molecule has 2 aromatic carbocycles. The molecule has 0 saturated carbocycles. The van der Waals surface area contributed by atoms with Crippen molar-refractivity contribution < 1.29 is 33.4 Å². The van der Waals surface area contributed by atoms with Gasteiger partial charge in [0.05, 0.1) is 24.5 Å². The average Bonchev–Trinajstić information content (AvgIpc) is 3.57. The van der Waals surface area contributed by atoms with E-state index < -0.39 is 36.2 Å². The third-order valence-electron chi connectivity index (χ3n) is 9.10. The predicted octanol–water partition coefficient (Wildman–Crippen LogP) is 5.64. The summed E-state index contributed by atoms with van der Waals surface area (Å²) in [5.74, 6) is -1.81. The average molecular weight is 740 g/mol. The lowest BCUT2D eigenvalue weighted by atomic mass is 9.94. The first-order chi connectivity index (χ1) is 25.9. The number of carbonyl (C=O) groups is 3. The SMILES string of the molecule is C=C(F)C(=O)Nc1ccc2c(-c3ccccc3CNc3nc(NC[C@H]4CCN(C(=O)OC(C)OC(C)=O)C[C@@H]4O)nc4c(C(C)C)cnn34)nccc2c1. The maximum Gasteiger partial charge on any atom is 0.412 e. The van der Waals surface area contributed by atoms with Crippen LogP contribution in [-0.2, 0) is 25.6 Å². The standard InChI is InChI=1S/C38H42FN9O6/c1-21(2)31-19-43-48-34(31)45-36(41-18-27-13-15-47(20-32(27)50)38(52)54-24(5)53-23(4)49)46-37(48)42-17-26-8-6-7-9-29(26)33-30-11-10-28(44-35(51)22(3)39)16-25(30)12-14-40-33/h6-12,14,16,19,21,24,27,32,50H,3,13,15,17-18,20H2,1-2,4-5H3,(H,44,51)(H2,41,42,45,46)/t24?,27-,32+/m1/s1. The number of nitrogens with one attached hydrogen (secondary N) is 3. The zero-order chi connectivity index (χ0) is 38.5. The van der Waals surface area contributed by atoms with Gasteiger partial charge in [-0.25, -0.2) is 9.18 Å². The van der Waals surface area contributed by atoms with E-state index in [2.05, 4.69) is 41.5 Å². The van der Waals surface area contributed by atoms with Gasteiger partial charge in [-0.1, -0.05) is 50.8 Å². The van der Waals surface area contributed by atoms with Gasteiger partial charge in [-0.05, 0) is 41.5 Å². The second-order valence-electron chi connectivity index (χ2n) is 13.3. The molecule has 4 heterocycles. The van der Waals surface area contributed by atoms with E-state index in [-0.39, 0.29) is 18.4 Å². The first-order valence-electron chi connectivity index (χ1n) is 17.5. The molecular weight excluding hydrogens is 697 g/mol. The first kappa shape index (κ1) is 37.6. The summed E-state index contributed by atoms with van der Waals surface area (Å²) in [6.45, 7) is 11.0. The minimum Gasteiger partial charge on any atom is -0.426 e. The molecule has 6 rings (SSSR count). The number of anilines is 3. The number of rotatable bonds is 12. The lowest BCUT2D eigenvalue weighted by molar-refractivity contribution is -0.163. The number of pyridine rings is 1. The molecule has 0 aliphatic carbocycles. The van der Waals surface area contributed by atoms with Crippen LogP contribution in [0.25, 0.3) is 27.7 Å². The van der Waals surface area contributed by atoms with E-state index in [1.165, 1.54) is 18.7 Å². The molecule has 5 aromatic rings. The lowest BCUT2D eigenvalue weighted by Crippen LogP contribution is -2.49. The van der Waals surface area contributed by atoms with Crippen LogP contribution in [-0.4, -0.2) is 84.6 Å². The topological polar surface area (TPSA) is 185 Å². The fourth-order valence-electron chi connectivity index (χ4n) is 6.33. The number of amides is 2. The number of aliphatic hydroxyl groups excluding tert-OH is 1. The number of nitrogens with zero attached hydrogens (tertiary/aromatic N) is 6. The van der Waals surface area contributed by atoms with Crippen LogP contribution in [0, 0.1) is 5.92 Å². The van der Waals surface area contributed by atoms with Crippen LogP contribution in [0.4, 0.5) is 26.8 Å². The number of aromatic nitrogens is 5. The number of esters is 1. The van der Waals surface area contributed by atoms with Crippen LogP contribution < -0.4 is 16.0 Å². The summed E-state index contributed by atoms with van der Waals surface area (Å²) in [5, 5.41) is 26.4. The van der Waals surface area contributed by atoms with Crippen molar-refractivity contribution in [3.63, 3.8) is 0 Å². The smallest absolute Gasteiger partial charge is 0.412 e. The van der Waals surface area contributed by atoms with Crippen molar-refractivity contribution >= 4 is 52.0 Å². The molecule has 3 aromatic heterocycles. The van der Waals surface area contributed by atoms with E-state index in [1.54, 1.807) is 29.0 Å². The van der Waals surface area contributed by atoms with Crippen molar-refractivity contribution in [1.29, 1.82) is 0 Å². The van der Waals surface area contributed by atoms with E-state index in [0.717, 1.165) is 33.2 Å². The number of fused-ring (bicyclic) bond motifs is 2. The molecule has 3 atom stereocenters. The number of hydrogen-bond donors (Lipinski definition) is 4. The monoisotopic (exact) mass is 739 g/mol. The number of carbonyl (C=O) groups excluding carboxylic acids is 3. The third-order valence-corrected chi connectivity index (χ3v) is 9.10. The molecule has 16 heteroatoms. The van der Waals surface area contributed by atoms with Crippen LogP contribution >= 0.6 is 0 Å². The first-order valence-corrected chi connectivity index (χ1v) is 17.5. The van der Waals surface area contributed by atoms with Gasteiger partial charge in [0.15, 0.2) is 11.5 Å². The molecular formula is C38H42FN9O6. The number of β-amino-alcohol motifs (C(OH)–C–C–N with tert-alkyl or cyclic N) is 1. The van der Waals surface area contributed by atoms with Gasteiger partial charge in [-0.15, -0.1) is 0 Å². The van der Waals surface area contributed by atoms with Crippen molar-refractivity contribution in [1.82, 2.24) is 29.5 Å². The van der Waals surface area contributed by atoms with Gasteiger partial charge < -0.3 is 35.4 Å². The van der Waals surface area contributed by atoms with E-state index in [1.807, 2.05) is 36.4 Å². The van der Waals surface area contributed by atoms with Crippen LogP contribution in [0.1, 0.15) is 51.2 Å². The summed E-state index contributed by atoms with van der Waals surface area (Å²) >= 11 is 0.